The number of hydrogen-bond acceptors (Lipinski definition) is 4. The number of likely N-dealkylation sites (tertiary alicyclic amines) is 1. The van der Waals surface area contributed by atoms with Gasteiger partial charge in [-0.1, -0.05) is 55.1 Å². The number of aliphatic imine (C=N–C) groups is 1. The molecule has 0 spiro atoms. The van der Waals surface area contributed by atoms with Gasteiger partial charge in [0.15, 0.2) is 0 Å². The number of amidine groups is 1. The fraction of sp³-hybridized carbons (Fsp3) is 0.520. The summed E-state index contributed by atoms with van der Waals surface area (Å²) in [5, 5.41) is 13.7. The van der Waals surface area contributed by atoms with Gasteiger partial charge >= 0.3 is 6.09 Å². The van der Waals surface area contributed by atoms with Crippen molar-refractivity contribution in [1.82, 2.24) is 10.2 Å². The molecule has 31 heavy (non-hydrogen) atoms. The fourth-order valence-corrected chi connectivity index (χ4v) is 3.88. The van der Waals surface area contributed by atoms with Crippen LogP contribution in [0.4, 0.5) is 4.79 Å². The van der Waals surface area contributed by atoms with E-state index >= 15 is 0 Å². The maximum Gasteiger partial charge on any atom is 0.410 e. The van der Waals surface area contributed by atoms with E-state index in [1.165, 1.54) is 0 Å². The van der Waals surface area contributed by atoms with Crippen LogP contribution in [0, 0.1) is 0 Å². The number of allylic oxidation sites excluding steroid dienone is 3. The van der Waals surface area contributed by atoms with E-state index in [0.717, 1.165) is 18.4 Å². The van der Waals surface area contributed by atoms with Crippen LogP contribution in [-0.2, 0) is 4.74 Å². The molecule has 0 radical (unpaired) electrons. The number of piperidine rings is 1. The molecular formula is C25H37N3O3. The van der Waals surface area contributed by atoms with Crippen LogP contribution in [0.3, 0.4) is 0 Å². The summed E-state index contributed by atoms with van der Waals surface area (Å²) in [4.78, 5) is 19.3. The van der Waals surface area contributed by atoms with Crippen molar-refractivity contribution in [3.05, 3.63) is 60.7 Å². The van der Waals surface area contributed by atoms with Gasteiger partial charge in [0.1, 0.15) is 17.7 Å². The van der Waals surface area contributed by atoms with Gasteiger partial charge in [-0.15, -0.1) is 0 Å². The number of nitrogens with one attached hydrogen (secondary N) is 1. The Hall–Kier alpha value is -2.60. The SMILES string of the molecule is C=C/C=C\CCC(O)NC(=NC)[C@@H]1[C@H](c2ccccc2)CCCN1C(=O)OC(C)(C)C. The number of hydrogen-bond donors (Lipinski definition) is 2. The predicted octanol–water partition coefficient (Wildman–Crippen LogP) is 4.63. The van der Waals surface area contributed by atoms with Crippen LogP contribution in [0.1, 0.15) is 57.9 Å². The molecule has 0 aliphatic carbocycles. The second-order valence-corrected chi connectivity index (χ2v) is 8.79. The summed E-state index contributed by atoms with van der Waals surface area (Å²) in [7, 11) is 1.69. The first-order chi connectivity index (χ1) is 14.8. The number of carbonyl (C=O) groups is 1. The van der Waals surface area contributed by atoms with Gasteiger partial charge < -0.3 is 15.2 Å². The molecule has 1 amide bonds. The van der Waals surface area contributed by atoms with Gasteiger partial charge in [0.05, 0.1) is 6.04 Å². The van der Waals surface area contributed by atoms with Gasteiger partial charge in [-0.2, -0.15) is 0 Å². The summed E-state index contributed by atoms with van der Waals surface area (Å²) in [6.07, 6.45) is 7.44. The zero-order valence-electron chi connectivity index (χ0n) is 19.3. The third-order valence-corrected chi connectivity index (χ3v) is 5.20. The van der Waals surface area contributed by atoms with Crippen LogP contribution >= 0.6 is 0 Å². The van der Waals surface area contributed by atoms with E-state index in [0.29, 0.717) is 25.2 Å². The molecule has 1 saturated heterocycles. The summed E-state index contributed by atoms with van der Waals surface area (Å²) in [5.74, 6) is 0.654. The monoisotopic (exact) mass is 427 g/mol. The first-order valence-electron chi connectivity index (χ1n) is 11.0. The van der Waals surface area contributed by atoms with Crippen LogP contribution in [0.5, 0.6) is 0 Å². The molecule has 1 heterocycles. The first-order valence-corrected chi connectivity index (χ1v) is 11.0. The number of aliphatic hydroxyl groups is 1. The van der Waals surface area contributed by atoms with Crippen molar-refractivity contribution in [3.8, 4) is 0 Å². The molecule has 0 saturated carbocycles. The molecule has 2 rings (SSSR count). The Labute approximate surface area is 186 Å². The summed E-state index contributed by atoms with van der Waals surface area (Å²) < 4.78 is 5.71. The number of carbonyl (C=O) groups excluding carboxylic acids is 1. The minimum Gasteiger partial charge on any atom is -0.444 e. The van der Waals surface area contributed by atoms with Gasteiger partial charge in [0, 0.05) is 19.5 Å². The molecule has 1 fully saturated rings. The zero-order chi connectivity index (χ0) is 22.9. The highest BCUT2D eigenvalue weighted by Crippen LogP contribution is 2.34. The number of benzene rings is 1. The molecule has 3 atom stereocenters. The van der Waals surface area contributed by atoms with Crippen molar-refractivity contribution in [2.24, 2.45) is 4.99 Å². The van der Waals surface area contributed by atoms with Crippen molar-refractivity contribution in [1.29, 1.82) is 0 Å². The summed E-state index contributed by atoms with van der Waals surface area (Å²) in [6, 6.07) is 9.83. The van der Waals surface area contributed by atoms with Crippen molar-refractivity contribution in [3.63, 3.8) is 0 Å². The number of ether oxygens (including phenoxy) is 1. The number of rotatable bonds is 7. The van der Waals surface area contributed by atoms with Crippen molar-refractivity contribution >= 4 is 11.9 Å². The average molecular weight is 428 g/mol. The molecule has 2 N–H and O–H groups in total. The zero-order valence-corrected chi connectivity index (χ0v) is 19.3. The quantitative estimate of drug-likeness (QED) is 0.288. The second kappa shape index (κ2) is 11.7. The van der Waals surface area contributed by atoms with Crippen molar-refractivity contribution in [2.45, 2.75) is 70.2 Å². The van der Waals surface area contributed by atoms with Gasteiger partial charge in [-0.3, -0.25) is 9.89 Å². The summed E-state index contributed by atoms with van der Waals surface area (Å²) >= 11 is 0. The van der Waals surface area contributed by atoms with Gasteiger partial charge in [-0.05, 0) is 52.0 Å². The molecule has 170 valence electrons. The van der Waals surface area contributed by atoms with Crippen LogP contribution in [0.25, 0.3) is 0 Å². The van der Waals surface area contributed by atoms with E-state index in [1.807, 2.05) is 51.1 Å². The van der Waals surface area contributed by atoms with Crippen LogP contribution in [0.15, 0.2) is 60.1 Å². The average Bonchev–Trinajstić information content (AvgIpc) is 2.74. The lowest BCUT2D eigenvalue weighted by atomic mass is 9.82. The lowest BCUT2D eigenvalue weighted by molar-refractivity contribution is 0.0134. The normalized spacial score (nSPS) is 21.1. The van der Waals surface area contributed by atoms with E-state index in [2.05, 4.69) is 29.0 Å². The van der Waals surface area contributed by atoms with E-state index in [-0.39, 0.29) is 18.1 Å². The Morgan fingerprint density at radius 3 is 2.71 bits per heavy atom. The fourth-order valence-electron chi connectivity index (χ4n) is 3.88. The molecule has 6 heteroatoms. The third kappa shape index (κ3) is 7.55. The van der Waals surface area contributed by atoms with Gasteiger partial charge in [-0.25, -0.2) is 4.79 Å². The predicted molar refractivity (Wildman–Crippen MR) is 126 cm³/mol. The largest absolute Gasteiger partial charge is 0.444 e. The Morgan fingerprint density at radius 2 is 2.10 bits per heavy atom. The highest BCUT2D eigenvalue weighted by molar-refractivity contribution is 5.91. The minimum atomic E-state index is -0.771. The highest BCUT2D eigenvalue weighted by Gasteiger charge is 2.40. The lowest BCUT2D eigenvalue weighted by Crippen LogP contribution is -2.57. The smallest absolute Gasteiger partial charge is 0.410 e. The molecule has 1 aliphatic rings. The minimum absolute atomic E-state index is 0.0570. The van der Waals surface area contributed by atoms with Crippen molar-refractivity contribution < 1.29 is 14.6 Å². The molecule has 1 aromatic rings. The molecule has 1 aromatic carbocycles. The number of amides is 1. The first kappa shape index (κ1) is 24.7. The molecule has 0 bridgehead atoms. The third-order valence-electron chi connectivity index (χ3n) is 5.20. The Morgan fingerprint density at radius 1 is 1.39 bits per heavy atom. The number of aliphatic hydroxyl groups excluding tert-OH is 1. The van der Waals surface area contributed by atoms with Crippen LogP contribution in [-0.4, -0.2) is 53.4 Å². The Kier molecular flexibility index (Phi) is 9.31. The van der Waals surface area contributed by atoms with Gasteiger partial charge in [0.25, 0.3) is 0 Å². The number of nitrogens with zero attached hydrogens (tertiary/aromatic N) is 2. The molecule has 6 nitrogen and oxygen atoms in total. The maximum atomic E-state index is 13.1. The highest BCUT2D eigenvalue weighted by atomic mass is 16.6. The molecular weight excluding hydrogens is 390 g/mol. The van der Waals surface area contributed by atoms with E-state index < -0.39 is 11.8 Å². The van der Waals surface area contributed by atoms with Crippen molar-refractivity contribution in [2.75, 3.05) is 13.6 Å². The second-order valence-electron chi connectivity index (χ2n) is 8.79. The van der Waals surface area contributed by atoms with E-state index in [4.69, 9.17) is 4.74 Å². The molecule has 1 aliphatic heterocycles. The summed E-state index contributed by atoms with van der Waals surface area (Å²) in [6.45, 7) is 9.84. The standard InChI is InChI=1S/C25H37N3O3/c1-6-7-8-12-17-21(29)27-23(26-5)22-20(19-14-10-9-11-15-19)16-13-18-28(22)24(30)31-25(2,3)4/h6-11,14-15,20-22,29H,1,12-13,16-18H2,2-5H3,(H,26,27)/b8-7-/t20-,21?,22-/m0/s1. The lowest BCUT2D eigenvalue weighted by Gasteiger charge is -2.42. The van der Waals surface area contributed by atoms with Crippen LogP contribution in [0.2, 0.25) is 0 Å². The molecule has 1 unspecified atom stereocenters. The topological polar surface area (TPSA) is 74.2 Å². The maximum absolute atomic E-state index is 13.1. The Balaban J connectivity index is 2.30. The van der Waals surface area contributed by atoms with E-state index in [1.54, 1.807) is 18.0 Å². The van der Waals surface area contributed by atoms with Crippen LogP contribution < -0.4 is 5.32 Å². The summed E-state index contributed by atoms with van der Waals surface area (Å²) in [5.41, 5.74) is 0.557. The Bertz CT molecular complexity index is 768. The van der Waals surface area contributed by atoms with E-state index in [9.17, 15) is 9.90 Å². The van der Waals surface area contributed by atoms with Gasteiger partial charge in [0.2, 0.25) is 0 Å². The molecule has 0 aromatic heterocycles.